The van der Waals surface area contributed by atoms with Gasteiger partial charge in [-0.05, 0) is 75.1 Å². The Hall–Kier alpha value is -4.62. The molecule has 1 saturated heterocycles. The van der Waals surface area contributed by atoms with E-state index in [-0.39, 0.29) is 31.6 Å². The van der Waals surface area contributed by atoms with Crippen LogP contribution in [-0.2, 0) is 22.5 Å². The highest BCUT2D eigenvalue weighted by atomic mass is 35.5. The lowest BCUT2D eigenvalue weighted by molar-refractivity contribution is -0.131. The molecule has 2 atom stereocenters. The lowest BCUT2D eigenvalue weighted by atomic mass is 9.96. The smallest absolute Gasteiger partial charge is 0.341 e. The predicted octanol–water partition coefficient (Wildman–Crippen LogP) is 7.16. The molecular formula is C38H45ClFN3O8S. The van der Waals surface area contributed by atoms with Crippen molar-refractivity contribution in [1.82, 2.24) is 15.1 Å². The summed E-state index contributed by atoms with van der Waals surface area (Å²) >= 11 is 12.2. The molecule has 11 nitrogen and oxygen atoms in total. The van der Waals surface area contributed by atoms with Crippen LogP contribution in [0.15, 0.2) is 48.5 Å². The van der Waals surface area contributed by atoms with Gasteiger partial charge >= 0.3 is 12.0 Å². The molecule has 1 fully saturated rings. The molecule has 3 aromatic rings. The van der Waals surface area contributed by atoms with Gasteiger partial charge in [0.05, 0.1) is 69.6 Å². The number of esters is 1. The summed E-state index contributed by atoms with van der Waals surface area (Å²) in [6, 6.07) is 11.3. The number of carbonyl (C=O) groups is 3. The highest BCUT2D eigenvalue weighted by molar-refractivity contribution is 7.80. The van der Waals surface area contributed by atoms with Crippen LogP contribution in [0.5, 0.6) is 23.0 Å². The van der Waals surface area contributed by atoms with Crippen molar-refractivity contribution in [2.24, 2.45) is 5.92 Å². The van der Waals surface area contributed by atoms with Crippen LogP contribution in [-0.4, -0.2) is 79.8 Å². The third-order valence-corrected chi connectivity index (χ3v) is 9.16. The van der Waals surface area contributed by atoms with Crippen molar-refractivity contribution >= 4 is 46.7 Å². The fourth-order valence-corrected chi connectivity index (χ4v) is 6.41. The summed E-state index contributed by atoms with van der Waals surface area (Å²) in [5.41, 5.74) is 0.720. The van der Waals surface area contributed by atoms with E-state index in [4.69, 9.17) is 47.5 Å². The van der Waals surface area contributed by atoms with Crippen LogP contribution in [0.25, 0.3) is 0 Å². The number of carbonyl (C=O) groups excluding carboxylic acids is 3. The zero-order chi connectivity index (χ0) is 38.3. The molecule has 4 rings (SSSR count). The minimum atomic E-state index is -0.805. The van der Waals surface area contributed by atoms with Gasteiger partial charge in [-0.15, -0.1) is 0 Å². The first-order chi connectivity index (χ1) is 24.6. The molecule has 0 aromatic heterocycles. The van der Waals surface area contributed by atoms with E-state index in [0.717, 1.165) is 4.90 Å². The van der Waals surface area contributed by atoms with Crippen molar-refractivity contribution in [2.45, 2.75) is 58.7 Å². The Morgan fingerprint density at radius 1 is 0.981 bits per heavy atom. The van der Waals surface area contributed by atoms with Gasteiger partial charge in [-0.3, -0.25) is 9.69 Å². The van der Waals surface area contributed by atoms with Crippen LogP contribution in [0.1, 0.15) is 67.2 Å². The largest absolute Gasteiger partial charge is 0.496 e. The van der Waals surface area contributed by atoms with Gasteiger partial charge in [0.15, 0.2) is 0 Å². The summed E-state index contributed by atoms with van der Waals surface area (Å²) in [5.74, 6) is -0.784. The van der Waals surface area contributed by atoms with Crippen molar-refractivity contribution in [1.29, 1.82) is 0 Å². The maximum atomic E-state index is 15.2. The number of hydrogen-bond acceptors (Lipinski definition) is 9. The Kier molecular flexibility index (Phi) is 13.3. The highest BCUT2D eigenvalue weighted by Gasteiger charge is 2.38. The minimum absolute atomic E-state index is 0.143. The van der Waals surface area contributed by atoms with Gasteiger partial charge in [-0.25, -0.2) is 14.0 Å². The van der Waals surface area contributed by atoms with Gasteiger partial charge in [0, 0.05) is 23.7 Å². The molecule has 0 radical (unpaired) electrons. The average Bonchev–Trinajstić information content (AvgIpc) is 3.21. The number of amides is 3. The number of methoxy groups -OCH3 is 4. The Labute approximate surface area is 314 Å². The second kappa shape index (κ2) is 17.3. The quantitative estimate of drug-likeness (QED) is 0.151. The maximum absolute atomic E-state index is 15.2. The normalized spacial score (nSPS) is 15.5. The Morgan fingerprint density at radius 3 is 2.19 bits per heavy atom. The molecular weight excluding hydrogens is 713 g/mol. The molecule has 0 spiro atoms. The molecule has 0 saturated carbocycles. The number of benzene rings is 3. The number of ether oxygens (including phenoxy) is 5. The van der Waals surface area contributed by atoms with Crippen LogP contribution in [0.2, 0.25) is 5.02 Å². The molecule has 3 amide bonds. The van der Waals surface area contributed by atoms with Gasteiger partial charge in [0.2, 0.25) is 5.91 Å². The highest BCUT2D eigenvalue weighted by Crippen LogP contribution is 2.36. The van der Waals surface area contributed by atoms with Crippen LogP contribution >= 0.6 is 23.8 Å². The lowest BCUT2D eigenvalue weighted by Crippen LogP contribution is -2.48. The topological polar surface area (TPSA) is 116 Å². The molecule has 14 heteroatoms. The van der Waals surface area contributed by atoms with Crippen molar-refractivity contribution in [3.05, 3.63) is 81.6 Å². The molecule has 1 heterocycles. The zero-order valence-corrected chi connectivity index (χ0v) is 32.2. The molecule has 280 valence electrons. The van der Waals surface area contributed by atoms with Gasteiger partial charge in [-0.1, -0.05) is 36.8 Å². The number of nitrogens with one attached hydrogen (secondary N) is 1. The molecule has 1 aliphatic rings. The lowest BCUT2D eigenvalue weighted by Gasteiger charge is -2.27. The van der Waals surface area contributed by atoms with E-state index >= 15 is 4.39 Å². The van der Waals surface area contributed by atoms with E-state index in [0.29, 0.717) is 56.1 Å². The fraction of sp³-hybridized carbons (Fsp3) is 0.421. The van der Waals surface area contributed by atoms with Crippen molar-refractivity contribution < 1.29 is 42.5 Å². The summed E-state index contributed by atoms with van der Waals surface area (Å²) in [5, 5.41) is 3.34. The van der Waals surface area contributed by atoms with Gasteiger partial charge < -0.3 is 33.9 Å². The molecule has 0 unspecified atom stereocenters. The van der Waals surface area contributed by atoms with Crippen LogP contribution < -0.4 is 24.3 Å². The van der Waals surface area contributed by atoms with Crippen molar-refractivity contribution in [2.75, 3.05) is 41.5 Å². The maximum Gasteiger partial charge on any atom is 0.341 e. The Morgan fingerprint density at radius 2 is 1.63 bits per heavy atom. The van der Waals surface area contributed by atoms with Crippen molar-refractivity contribution in [3.8, 4) is 23.0 Å². The number of urea groups is 1. The number of rotatable bonds is 12. The van der Waals surface area contributed by atoms with E-state index in [1.165, 1.54) is 40.6 Å². The molecule has 1 N–H and O–H groups in total. The molecule has 3 aromatic carbocycles. The summed E-state index contributed by atoms with van der Waals surface area (Å²) in [4.78, 5) is 44.2. The SMILES string of the molecule is CC[C@@H](NC(=O)N1CC(=S)N(Cc2c(OC)cc(OC)cc2OC)C[C@@H](Cc2cc(Cl)ccc2OC)C1=O)c1ccc(C(=O)OC(C)(C)C)c(F)c1. The van der Waals surface area contributed by atoms with E-state index < -0.39 is 41.3 Å². The van der Waals surface area contributed by atoms with Gasteiger partial charge in [0.25, 0.3) is 0 Å². The second-order valence-electron chi connectivity index (χ2n) is 13.2. The first-order valence-corrected chi connectivity index (χ1v) is 17.4. The standard InChI is InChI=1S/C38H45ClFN3O8S/c1-9-30(22-10-12-27(29(40)16-22)36(45)51-38(2,3)4)41-37(46)43-21-34(52)42(20-28-32(49-7)17-26(47-5)18-33(28)50-8)19-24(35(43)44)14-23-15-25(39)11-13-31(23)48-6/h10-13,15-18,24,30H,9,14,19-21H2,1-8H3,(H,41,46)/t24-,30-/m1/s1. The average molecular weight is 758 g/mol. The van der Waals surface area contributed by atoms with Crippen LogP contribution in [0.3, 0.4) is 0 Å². The van der Waals surface area contributed by atoms with E-state index in [9.17, 15) is 14.4 Å². The summed E-state index contributed by atoms with van der Waals surface area (Å²) in [6.07, 6.45) is 0.534. The molecule has 52 heavy (non-hydrogen) atoms. The van der Waals surface area contributed by atoms with E-state index in [1.54, 1.807) is 57.2 Å². The first kappa shape index (κ1) is 40.2. The van der Waals surface area contributed by atoms with E-state index in [1.807, 2.05) is 11.8 Å². The second-order valence-corrected chi connectivity index (χ2v) is 14.1. The molecule has 1 aliphatic heterocycles. The van der Waals surface area contributed by atoms with Crippen LogP contribution in [0.4, 0.5) is 9.18 Å². The van der Waals surface area contributed by atoms with Gasteiger partial charge in [0.1, 0.15) is 34.4 Å². The van der Waals surface area contributed by atoms with Gasteiger partial charge in [-0.2, -0.15) is 0 Å². The summed E-state index contributed by atoms with van der Waals surface area (Å²) in [6.45, 7) is 7.02. The Bertz CT molecular complexity index is 1790. The third kappa shape index (κ3) is 9.62. The van der Waals surface area contributed by atoms with Crippen molar-refractivity contribution in [3.63, 3.8) is 0 Å². The molecule has 0 aliphatic carbocycles. The minimum Gasteiger partial charge on any atom is -0.496 e. The summed E-state index contributed by atoms with van der Waals surface area (Å²) in [7, 11) is 6.13. The number of hydrogen-bond donors (Lipinski definition) is 1. The third-order valence-electron chi connectivity index (χ3n) is 8.54. The van der Waals surface area contributed by atoms with Crippen LogP contribution in [0, 0.1) is 11.7 Å². The monoisotopic (exact) mass is 757 g/mol. The summed E-state index contributed by atoms with van der Waals surface area (Å²) < 4.78 is 42.9. The Balaban J connectivity index is 1.68. The zero-order valence-electron chi connectivity index (χ0n) is 30.6. The predicted molar refractivity (Wildman–Crippen MR) is 199 cm³/mol. The number of nitrogens with zero attached hydrogens (tertiary/aromatic N) is 2. The first-order valence-electron chi connectivity index (χ1n) is 16.7. The fourth-order valence-electron chi connectivity index (χ4n) is 5.95. The number of thiocarbonyl (C=S) groups is 1. The number of halogens is 2. The van der Waals surface area contributed by atoms with E-state index in [2.05, 4.69) is 5.32 Å². The number of imide groups is 1. The molecule has 0 bridgehead atoms.